The quantitative estimate of drug-likeness (QED) is 0.299. The van der Waals surface area contributed by atoms with Gasteiger partial charge >= 0.3 is 5.97 Å². The highest BCUT2D eigenvalue weighted by atomic mass is 16.5. The molecule has 2 N–H and O–H groups in total. The maximum atomic E-state index is 11.0. The molecular weight excluding hydrogens is 302 g/mol. The molecule has 0 atom stereocenters. The number of benzene rings is 1. The van der Waals surface area contributed by atoms with Crippen LogP contribution in [0.5, 0.6) is 0 Å². The molecule has 0 heterocycles. The molecule has 0 aliphatic rings. The fraction of sp³-hybridized carbons (Fsp3) is 0.579. The molecule has 0 radical (unpaired) electrons. The molecule has 0 spiro atoms. The predicted octanol–water partition coefficient (Wildman–Crippen LogP) is 3.17. The summed E-state index contributed by atoms with van der Waals surface area (Å²) >= 11 is 0. The van der Waals surface area contributed by atoms with E-state index >= 15 is 0 Å². The minimum absolute atomic E-state index is 0.120. The Morgan fingerprint density at radius 3 is 2.46 bits per heavy atom. The average molecular weight is 333 g/mol. The Bertz CT molecular complexity index is 498. The minimum Gasteiger partial charge on any atom is -0.469 e. The van der Waals surface area contributed by atoms with Gasteiger partial charge in [-0.2, -0.15) is 0 Å². The SMILES string of the molecule is CCNC(=NCc1ccc(C)cc1)NCCCCCCC(=O)OC. The second kappa shape index (κ2) is 12.4. The van der Waals surface area contributed by atoms with E-state index in [1.54, 1.807) is 0 Å². The molecule has 0 bridgehead atoms. The molecule has 1 aromatic carbocycles. The van der Waals surface area contributed by atoms with Crippen LogP contribution in [-0.2, 0) is 16.1 Å². The Balaban J connectivity index is 2.24. The van der Waals surface area contributed by atoms with E-state index in [2.05, 4.69) is 58.5 Å². The summed E-state index contributed by atoms with van der Waals surface area (Å²) in [7, 11) is 1.43. The smallest absolute Gasteiger partial charge is 0.305 e. The van der Waals surface area contributed by atoms with E-state index in [0.717, 1.165) is 44.7 Å². The van der Waals surface area contributed by atoms with E-state index in [-0.39, 0.29) is 5.97 Å². The molecule has 0 aliphatic heterocycles. The first-order chi connectivity index (χ1) is 11.7. The van der Waals surface area contributed by atoms with Crippen molar-refractivity contribution < 1.29 is 9.53 Å². The summed E-state index contributed by atoms with van der Waals surface area (Å²) in [5, 5.41) is 6.63. The molecule has 5 nitrogen and oxygen atoms in total. The van der Waals surface area contributed by atoms with Crippen LogP contribution in [-0.4, -0.2) is 32.1 Å². The van der Waals surface area contributed by atoms with Crippen LogP contribution in [0.25, 0.3) is 0 Å². The van der Waals surface area contributed by atoms with Crippen molar-refractivity contribution in [2.75, 3.05) is 20.2 Å². The van der Waals surface area contributed by atoms with Crippen molar-refractivity contribution >= 4 is 11.9 Å². The van der Waals surface area contributed by atoms with Crippen molar-refractivity contribution in [3.8, 4) is 0 Å². The molecule has 24 heavy (non-hydrogen) atoms. The van der Waals surface area contributed by atoms with Gasteiger partial charge in [0.25, 0.3) is 0 Å². The molecule has 0 unspecified atom stereocenters. The van der Waals surface area contributed by atoms with Gasteiger partial charge in [-0.25, -0.2) is 4.99 Å². The highest BCUT2D eigenvalue weighted by Gasteiger charge is 2.00. The predicted molar refractivity (Wildman–Crippen MR) is 99.1 cm³/mol. The van der Waals surface area contributed by atoms with Crippen molar-refractivity contribution in [1.29, 1.82) is 0 Å². The summed E-state index contributed by atoms with van der Waals surface area (Å²) in [6.45, 7) is 6.56. The van der Waals surface area contributed by atoms with Gasteiger partial charge in [-0.05, 0) is 32.3 Å². The van der Waals surface area contributed by atoms with E-state index in [0.29, 0.717) is 13.0 Å². The maximum Gasteiger partial charge on any atom is 0.305 e. The molecule has 1 aromatic rings. The number of hydrogen-bond donors (Lipinski definition) is 2. The Morgan fingerprint density at radius 1 is 1.08 bits per heavy atom. The number of carbonyl (C=O) groups is 1. The summed E-state index contributed by atoms with van der Waals surface area (Å²) in [5.41, 5.74) is 2.47. The Labute approximate surface area is 145 Å². The van der Waals surface area contributed by atoms with Gasteiger partial charge in [-0.1, -0.05) is 42.7 Å². The fourth-order valence-corrected chi connectivity index (χ4v) is 2.26. The third-order valence-electron chi connectivity index (χ3n) is 3.71. The first-order valence-electron chi connectivity index (χ1n) is 8.80. The summed E-state index contributed by atoms with van der Waals surface area (Å²) in [5.74, 6) is 0.735. The highest BCUT2D eigenvalue weighted by Crippen LogP contribution is 2.05. The highest BCUT2D eigenvalue weighted by molar-refractivity contribution is 5.79. The third-order valence-corrected chi connectivity index (χ3v) is 3.71. The van der Waals surface area contributed by atoms with Crippen LogP contribution in [0.15, 0.2) is 29.3 Å². The number of aliphatic imine (C=N–C) groups is 1. The summed E-state index contributed by atoms with van der Waals surface area (Å²) < 4.78 is 4.63. The van der Waals surface area contributed by atoms with Gasteiger partial charge < -0.3 is 15.4 Å². The van der Waals surface area contributed by atoms with E-state index in [9.17, 15) is 4.79 Å². The second-order valence-corrected chi connectivity index (χ2v) is 5.85. The second-order valence-electron chi connectivity index (χ2n) is 5.85. The molecule has 0 saturated heterocycles. The zero-order valence-corrected chi connectivity index (χ0v) is 15.2. The number of nitrogens with one attached hydrogen (secondary N) is 2. The lowest BCUT2D eigenvalue weighted by Crippen LogP contribution is -2.37. The van der Waals surface area contributed by atoms with Crippen LogP contribution in [0.2, 0.25) is 0 Å². The van der Waals surface area contributed by atoms with Crippen LogP contribution < -0.4 is 10.6 Å². The van der Waals surface area contributed by atoms with Gasteiger partial charge in [-0.15, -0.1) is 0 Å². The number of aryl methyl sites for hydroxylation is 1. The first kappa shape index (κ1) is 20.0. The van der Waals surface area contributed by atoms with Crippen molar-refractivity contribution in [3.63, 3.8) is 0 Å². The largest absolute Gasteiger partial charge is 0.469 e. The topological polar surface area (TPSA) is 62.7 Å². The lowest BCUT2D eigenvalue weighted by Gasteiger charge is -2.11. The maximum absolute atomic E-state index is 11.0. The number of guanidine groups is 1. The number of methoxy groups -OCH3 is 1. The number of hydrogen-bond acceptors (Lipinski definition) is 3. The van der Waals surface area contributed by atoms with Crippen molar-refractivity contribution in [2.24, 2.45) is 4.99 Å². The van der Waals surface area contributed by atoms with Crippen LogP contribution >= 0.6 is 0 Å². The molecule has 0 aliphatic carbocycles. The molecule has 1 rings (SSSR count). The van der Waals surface area contributed by atoms with Crippen molar-refractivity contribution in [1.82, 2.24) is 10.6 Å². The van der Waals surface area contributed by atoms with E-state index < -0.39 is 0 Å². The van der Waals surface area contributed by atoms with Gasteiger partial charge in [0.1, 0.15) is 0 Å². The Morgan fingerprint density at radius 2 is 1.79 bits per heavy atom. The van der Waals surface area contributed by atoms with E-state index in [4.69, 9.17) is 0 Å². The minimum atomic E-state index is -0.120. The molecule has 5 heteroatoms. The molecule has 134 valence electrons. The normalized spacial score (nSPS) is 11.2. The number of nitrogens with zero attached hydrogens (tertiary/aromatic N) is 1. The van der Waals surface area contributed by atoms with E-state index in [1.165, 1.54) is 18.2 Å². The monoisotopic (exact) mass is 333 g/mol. The van der Waals surface area contributed by atoms with Crippen LogP contribution in [0.1, 0.15) is 50.2 Å². The molecule has 0 amide bonds. The molecular formula is C19H31N3O2. The van der Waals surface area contributed by atoms with Gasteiger partial charge in [0.15, 0.2) is 5.96 Å². The van der Waals surface area contributed by atoms with Crippen molar-refractivity contribution in [3.05, 3.63) is 35.4 Å². The lowest BCUT2D eigenvalue weighted by atomic mass is 10.1. The van der Waals surface area contributed by atoms with Crippen LogP contribution in [0.3, 0.4) is 0 Å². The van der Waals surface area contributed by atoms with Gasteiger partial charge in [0.05, 0.1) is 13.7 Å². The zero-order chi connectivity index (χ0) is 17.6. The summed E-state index contributed by atoms with van der Waals surface area (Å²) in [6.07, 6.45) is 4.63. The number of esters is 1. The van der Waals surface area contributed by atoms with Crippen LogP contribution in [0, 0.1) is 6.92 Å². The van der Waals surface area contributed by atoms with Gasteiger partial charge in [0.2, 0.25) is 0 Å². The average Bonchev–Trinajstić information content (AvgIpc) is 2.59. The molecule has 0 fully saturated rings. The third kappa shape index (κ3) is 9.18. The molecule has 0 aromatic heterocycles. The van der Waals surface area contributed by atoms with Gasteiger partial charge in [0, 0.05) is 19.5 Å². The Kier molecular flexibility index (Phi) is 10.3. The van der Waals surface area contributed by atoms with Crippen molar-refractivity contribution in [2.45, 2.75) is 52.5 Å². The Hall–Kier alpha value is -2.04. The zero-order valence-electron chi connectivity index (χ0n) is 15.2. The number of ether oxygens (including phenoxy) is 1. The first-order valence-corrected chi connectivity index (χ1v) is 8.80. The standard InChI is InChI=1S/C19H31N3O2/c1-4-20-19(22-15-17-12-10-16(2)11-13-17)21-14-8-6-5-7-9-18(23)24-3/h10-13H,4-9,14-15H2,1-3H3,(H2,20,21,22). The number of carbonyl (C=O) groups excluding carboxylic acids is 1. The van der Waals surface area contributed by atoms with Gasteiger partial charge in [-0.3, -0.25) is 4.79 Å². The van der Waals surface area contributed by atoms with Crippen LogP contribution in [0.4, 0.5) is 0 Å². The number of rotatable bonds is 10. The lowest BCUT2D eigenvalue weighted by molar-refractivity contribution is -0.140. The summed E-state index contributed by atoms with van der Waals surface area (Å²) in [6, 6.07) is 8.45. The summed E-state index contributed by atoms with van der Waals surface area (Å²) in [4.78, 5) is 15.6. The number of unbranched alkanes of at least 4 members (excludes halogenated alkanes) is 3. The fourth-order valence-electron chi connectivity index (χ4n) is 2.26. The molecule has 0 saturated carbocycles. The van der Waals surface area contributed by atoms with E-state index in [1.807, 2.05) is 0 Å².